The van der Waals surface area contributed by atoms with Crippen LogP contribution in [0.2, 0.25) is 0 Å². The molecule has 3 nitrogen and oxygen atoms in total. The molecule has 1 unspecified atom stereocenters. The van der Waals surface area contributed by atoms with Crippen molar-refractivity contribution in [1.29, 1.82) is 5.26 Å². The van der Waals surface area contributed by atoms with Crippen LogP contribution in [0, 0.1) is 11.3 Å². The SMILES string of the molecule is CN1CCN(CC(C#N)c2ccc3c(c2)CCC3)CC1. The zero-order chi connectivity index (χ0) is 13.9. The highest BCUT2D eigenvalue weighted by atomic mass is 15.2. The highest BCUT2D eigenvalue weighted by molar-refractivity contribution is 5.38. The Hall–Kier alpha value is -1.37. The van der Waals surface area contributed by atoms with Gasteiger partial charge in [0.25, 0.3) is 0 Å². The molecule has 1 fully saturated rings. The van der Waals surface area contributed by atoms with Crippen LogP contribution in [0.5, 0.6) is 0 Å². The Bertz CT molecular complexity index is 509. The van der Waals surface area contributed by atoms with Crippen molar-refractivity contribution in [3.63, 3.8) is 0 Å². The molecule has 1 aliphatic heterocycles. The van der Waals surface area contributed by atoms with Crippen molar-refractivity contribution in [2.45, 2.75) is 25.2 Å². The van der Waals surface area contributed by atoms with E-state index >= 15 is 0 Å². The topological polar surface area (TPSA) is 30.3 Å². The van der Waals surface area contributed by atoms with Gasteiger partial charge in [-0.2, -0.15) is 5.26 Å². The minimum atomic E-state index is 0.0179. The molecule has 3 heteroatoms. The van der Waals surface area contributed by atoms with Crippen LogP contribution in [-0.4, -0.2) is 49.6 Å². The maximum atomic E-state index is 9.52. The summed E-state index contributed by atoms with van der Waals surface area (Å²) in [6, 6.07) is 9.21. The Morgan fingerprint density at radius 2 is 1.90 bits per heavy atom. The van der Waals surface area contributed by atoms with E-state index < -0.39 is 0 Å². The third kappa shape index (κ3) is 2.87. The number of fused-ring (bicyclic) bond motifs is 1. The lowest BCUT2D eigenvalue weighted by atomic mass is 9.96. The molecule has 1 aromatic rings. The first-order valence-electron chi connectivity index (χ1n) is 7.68. The Labute approximate surface area is 121 Å². The molecule has 1 atom stereocenters. The van der Waals surface area contributed by atoms with E-state index in [0.717, 1.165) is 32.7 Å². The van der Waals surface area contributed by atoms with Crippen LogP contribution in [0.3, 0.4) is 0 Å². The molecule has 0 amide bonds. The first kappa shape index (κ1) is 13.6. The molecule has 0 aromatic heterocycles. The highest BCUT2D eigenvalue weighted by Gasteiger charge is 2.21. The maximum absolute atomic E-state index is 9.52. The molecule has 3 rings (SSSR count). The summed E-state index contributed by atoms with van der Waals surface area (Å²) < 4.78 is 0. The molecule has 106 valence electrons. The summed E-state index contributed by atoms with van der Waals surface area (Å²) in [5.74, 6) is 0.0179. The van der Waals surface area contributed by atoms with Gasteiger partial charge in [0.1, 0.15) is 0 Å². The first-order chi connectivity index (χ1) is 9.76. The number of nitriles is 1. The smallest absolute Gasteiger partial charge is 0.0839 e. The number of piperazine rings is 1. The van der Waals surface area contributed by atoms with Gasteiger partial charge in [0, 0.05) is 32.7 Å². The predicted molar refractivity (Wildman–Crippen MR) is 80.8 cm³/mol. The van der Waals surface area contributed by atoms with Crippen molar-refractivity contribution in [1.82, 2.24) is 9.80 Å². The fourth-order valence-corrected chi connectivity index (χ4v) is 3.32. The summed E-state index contributed by atoms with van der Waals surface area (Å²) in [4.78, 5) is 4.79. The number of nitrogens with zero attached hydrogens (tertiary/aromatic N) is 3. The lowest BCUT2D eigenvalue weighted by molar-refractivity contribution is 0.152. The zero-order valence-electron chi connectivity index (χ0n) is 12.3. The largest absolute Gasteiger partial charge is 0.304 e. The molecule has 0 bridgehead atoms. The van der Waals surface area contributed by atoms with Gasteiger partial charge in [-0.1, -0.05) is 18.2 Å². The standard InChI is InChI=1S/C17H23N3/c1-19-7-9-20(10-8-19)13-17(12-18)16-6-5-14-3-2-4-15(14)11-16/h5-6,11,17H,2-4,7-10,13H2,1H3. The van der Waals surface area contributed by atoms with Crippen molar-refractivity contribution in [2.75, 3.05) is 39.8 Å². The molecular weight excluding hydrogens is 246 g/mol. The Morgan fingerprint density at radius 1 is 1.15 bits per heavy atom. The van der Waals surface area contributed by atoms with Gasteiger partial charge in [0.2, 0.25) is 0 Å². The molecular formula is C17H23N3. The lowest BCUT2D eigenvalue weighted by Gasteiger charge is -2.33. The van der Waals surface area contributed by atoms with Crippen LogP contribution in [0.4, 0.5) is 0 Å². The van der Waals surface area contributed by atoms with Crippen LogP contribution in [-0.2, 0) is 12.8 Å². The second kappa shape index (κ2) is 5.95. The minimum Gasteiger partial charge on any atom is -0.304 e. The molecule has 0 saturated carbocycles. The van der Waals surface area contributed by atoms with E-state index in [9.17, 15) is 5.26 Å². The minimum absolute atomic E-state index is 0.0179. The van der Waals surface area contributed by atoms with Gasteiger partial charge in [-0.3, -0.25) is 4.90 Å². The third-order valence-corrected chi connectivity index (χ3v) is 4.72. The van der Waals surface area contributed by atoms with E-state index in [0.29, 0.717) is 0 Å². The summed E-state index contributed by atoms with van der Waals surface area (Å²) in [5, 5.41) is 9.52. The summed E-state index contributed by atoms with van der Waals surface area (Å²) in [7, 11) is 2.17. The van der Waals surface area contributed by atoms with E-state index in [4.69, 9.17) is 0 Å². The van der Waals surface area contributed by atoms with Crippen molar-refractivity contribution in [3.8, 4) is 6.07 Å². The van der Waals surface area contributed by atoms with Crippen LogP contribution in [0.15, 0.2) is 18.2 Å². The van der Waals surface area contributed by atoms with Crippen molar-refractivity contribution in [3.05, 3.63) is 34.9 Å². The first-order valence-corrected chi connectivity index (χ1v) is 7.68. The number of hydrogen-bond donors (Lipinski definition) is 0. The van der Waals surface area contributed by atoms with E-state index in [1.54, 1.807) is 0 Å². The normalized spacial score (nSPS) is 21.4. The third-order valence-electron chi connectivity index (χ3n) is 4.72. The molecule has 20 heavy (non-hydrogen) atoms. The fourth-order valence-electron chi connectivity index (χ4n) is 3.32. The van der Waals surface area contributed by atoms with Gasteiger partial charge >= 0.3 is 0 Å². The average Bonchev–Trinajstić information content (AvgIpc) is 2.94. The molecule has 2 aliphatic rings. The monoisotopic (exact) mass is 269 g/mol. The van der Waals surface area contributed by atoms with Gasteiger partial charge in [0.05, 0.1) is 12.0 Å². The molecule has 0 radical (unpaired) electrons. The number of likely N-dealkylation sites (N-methyl/N-ethyl adjacent to an activating group) is 1. The highest BCUT2D eigenvalue weighted by Crippen LogP contribution is 2.26. The molecule has 1 saturated heterocycles. The van der Waals surface area contributed by atoms with Gasteiger partial charge < -0.3 is 4.90 Å². The Morgan fingerprint density at radius 3 is 2.65 bits per heavy atom. The number of aryl methyl sites for hydroxylation is 2. The molecule has 1 aromatic carbocycles. The van der Waals surface area contributed by atoms with E-state index in [1.807, 2.05) is 0 Å². The quantitative estimate of drug-likeness (QED) is 0.841. The van der Waals surface area contributed by atoms with Gasteiger partial charge in [-0.05, 0) is 43.0 Å². The summed E-state index contributed by atoms with van der Waals surface area (Å²) in [6.07, 6.45) is 3.68. The Kier molecular flexibility index (Phi) is 4.05. The predicted octanol–water partition coefficient (Wildman–Crippen LogP) is 2.03. The zero-order valence-corrected chi connectivity index (χ0v) is 12.3. The van der Waals surface area contributed by atoms with E-state index in [1.165, 1.54) is 36.0 Å². The molecule has 0 N–H and O–H groups in total. The molecule has 1 aliphatic carbocycles. The number of hydrogen-bond acceptors (Lipinski definition) is 3. The number of benzene rings is 1. The van der Waals surface area contributed by atoms with Crippen LogP contribution in [0.1, 0.15) is 29.0 Å². The average molecular weight is 269 g/mol. The van der Waals surface area contributed by atoms with Crippen molar-refractivity contribution in [2.24, 2.45) is 0 Å². The van der Waals surface area contributed by atoms with Crippen molar-refractivity contribution >= 4 is 0 Å². The summed E-state index contributed by atoms with van der Waals surface area (Å²) in [5.41, 5.74) is 4.18. The van der Waals surface area contributed by atoms with Crippen molar-refractivity contribution < 1.29 is 0 Å². The Balaban J connectivity index is 1.69. The molecule has 1 heterocycles. The maximum Gasteiger partial charge on any atom is 0.0839 e. The summed E-state index contributed by atoms with van der Waals surface area (Å²) >= 11 is 0. The second-order valence-corrected chi connectivity index (χ2v) is 6.17. The van der Waals surface area contributed by atoms with Gasteiger partial charge in [-0.25, -0.2) is 0 Å². The second-order valence-electron chi connectivity index (χ2n) is 6.17. The van der Waals surface area contributed by atoms with E-state index in [-0.39, 0.29) is 5.92 Å². The lowest BCUT2D eigenvalue weighted by Crippen LogP contribution is -2.45. The van der Waals surface area contributed by atoms with Crippen LogP contribution < -0.4 is 0 Å². The number of rotatable bonds is 3. The summed E-state index contributed by atoms with van der Waals surface area (Å²) in [6.45, 7) is 5.27. The molecule has 0 spiro atoms. The van der Waals surface area contributed by atoms with Crippen LogP contribution >= 0.6 is 0 Å². The fraction of sp³-hybridized carbons (Fsp3) is 0.588. The van der Waals surface area contributed by atoms with Crippen LogP contribution in [0.25, 0.3) is 0 Å². The van der Waals surface area contributed by atoms with Gasteiger partial charge in [-0.15, -0.1) is 0 Å². The van der Waals surface area contributed by atoms with Gasteiger partial charge in [0.15, 0.2) is 0 Å². The van der Waals surface area contributed by atoms with E-state index in [2.05, 4.69) is 41.1 Å².